The summed E-state index contributed by atoms with van der Waals surface area (Å²) in [7, 11) is 0. The van der Waals surface area contributed by atoms with Crippen molar-refractivity contribution in [1.29, 1.82) is 0 Å². The third-order valence-corrected chi connectivity index (χ3v) is 4.52. The molecule has 0 atom stereocenters. The Morgan fingerprint density at radius 1 is 0.929 bits per heavy atom. The van der Waals surface area contributed by atoms with Crippen LogP contribution < -0.4 is 20.8 Å². The van der Waals surface area contributed by atoms with Gasteiger partial charge in [-0.1, -0.05) is 41.9 Å². The lowest BCUT2D eigenvalue weighted by Gasteiger charge is -2.10. The lowest BCUT2D eigenvalue weighted by molar-refractivity contribution is 0.256. The van der Waals surface area contributed by atoms with Gasteiger partial charge < -0.3 is 10.1 Å². The summed E-state index contributed by atoms with van der Waals surface area (Å²) in [5.74, 6) is 0.780. The molecule has 1 heterocycles. The van der Waals surface area contributed by atoms with Gasteiger partial charge in [0.1, 0.15) is 12.4 Å². The van der Waals surface area contributed by atoms with Gasteiger partial charge in [-0.2, -0.15) is 9.98 Å². The maximum absolute atomic E-state index is 11.2. The average molecular weight is 414 g/mol. The van der Waals surface area contributed by atoms with Gasteiger partial charge in [0.05, 0.1) is 10.7 Å². The van der Waals surface area contributed by atoms with Gasteiger partial charge in [-0.3, -0.25) is 0 Å². The van der Waals surface area contributed by atoms with Gasteiger partial charge in [0.25, 0.3) is 0 Å². The molecule has 1 aliphatic heterocycles. The van der Waals surface area contributed by atoms with Crippen LogP contribution in [0, 0.1) is 0 Å². The van der Waals surface area contributed by atoms with Gasteiger partial charge in [0, 0.05) is 22.8 Å². The van der Waals surface area contributed by atoms with Gasteiger partial charge in [-0.15, -0.1) is 12.4 Å². The number of ether oxygens (including phenoxy) is 1. The number of benzene rings is 3. The van der Waals surface area contributed by atoms with Crippen molar-refractivity contribution in [2.24, 2.45) is 9.98 Å². The molecule has 5 nitrogen and oxygen atoms in total. The second-order valence-corrected chi connectivity index (χ2v) is 6.50. The van der Waals surface area contributed by atoms with E-state index < -0.39 is 6.03 Å². The largest absolute Gasteiger partial charge is 0.489 e. The predicted molar refractivity (Wildman–Crippen MR) is 111 cm³/mol. The van der Waals surface area contributed by atoms with Gasteiger partial charge in [-0.05, 0) is 42.0 Å². The van der Waals surface area contributed by atoms with Crippen LogP contribution in [-0.2, 0) is 13.2 Å². The van der Waals surface area contributed by atoms with Crippen LogP contribution in [0.3, 0.4) is 0 Å². The summed E-state index contributed by atoms with van der Waals surface area (Å²) < 4.78 is 5.86. The topological polar surface area (TPSA) is 63.0 Å². The Morgan fingerprint density at radius 2 is 1.75 bits per heavy atom. The average Bonchev–Trinajstić information content (AvgIpc) is 3.05. The number of nitrogens with one attached hydrogen (secondary N) is 1. The fraction of sp³-hybridized carbons (Fsp3) is 0.0952. The third kappa shape index (κ3) is 4.68. The van der Waals surface area contributed by atoms with Crippen LogP contribution in [-0.4, -0.2) is 6.03 Å². The number of nitrogens with zero attached hydrogens (tertiary/aromatic N) is 2. The number of halogens is 2. The molecule has 3 aromatic carbocycles. The molecule has 0 spiro atoms. The van der Waals surface area contributed by atoms with Crippen LogP contribution in [0.2, 0.25) is 5.02 Å². The summed E-state index contributed by atoms with van der Waals surface area (Å²) in [4.78, 5) is 18.9. The molecule has 1 aliphatic rings. The summed E-state index contributed by atoms with van der Waals surface area (Å²) in [6.07, 6.45) is 0. The van der Waals surface area contributed by atoms with Crippen molar-refractivity contribution in [2.75, 3.05) is 5.32 Å². The van der Waals surface area contributed by atoms with Crippen molar-refractivity contribution in [3.63, 3.8) is 0 Å². The number of urea groups is 1. The maximum atomic E-state index is 11.2. The first-order valence-corrected chi connectivity index (χ1v) is 8.86. The van der Waals surface area contributed by atoms with E-state index in [9.17, 15) is 4.79 Å². The molecule has 1 N–H and O–H groups in total. The summed E-state index contributed by atoms with van der Waals surface area (Å²) in [5.41, 5.74) is 2.90. The maximum Gasteiger partial charge on any atom is 0.368 e. The molecule has 0 unspecified atom stereocenters. The molecule has 0 radical (unpaired) electrons. The molecule has 0 saturated carbocycles. The number of rotatable bonds is 6. The van der Waals surface area contributed by atoms with E-state index in [1.807, 2.05) is 60.7 Å². The molecule has 0 aromatic heterocycles. The highest BCUT2D eigenvalue weighted by molar-refractivity contribution is 6.31. The molecular weight excluding hydrogens is 397 g/mol. The van der Waals surface area contributed by atoms with Crippen LogP contribution in [0.25, 0.3) is 0 Å². The molecule has 28 heavy (non-hydrogen) atoms. The van der Waals surface area contributed by atoms with Crippen LogP contribution >= 0.6 is 24.0 Å². The molecule has 0 saturated heterocycles. The first-order valence-electron chi connectivity index (χ1n) is 8.48. The van der Waals surface area contributed by atoms with E-state index >= 15 is 0 Å². The summed E-state index contributed by atoms with van der Waals surface area (Å²) >= 11 is 6.16. The van der Waals surface area contributed by atoms with Gasteiger partial charge in [0.15, 0.2) is 0 Å². The molecule has 2 amide bonds. The standard InChI is InChI=1S/C21H16ClN3O2.ClH/c22-18-7-2-1-5-15(18)13-27-17-6-3-4-14(10-17)12-23-16-8-9-19-20(11-16)25-21(26)24-19;/h1-11,23H,12-13H2;1H. The highest BCUT2D eigenvalue weighted by atomic mass is 35.5. The summed E-state index contributed by atoms with van der Waals surface area (Å²) in [5, 5.41) is 5.23. The number of carbonyl (C=O) groups excluding carboxylic acids is 1. The lowest BCUT2D eigenvalue weighted by atomic mass is 10.2. The molecule has 3 aromatic rings. The van der Waals surface area contributed by atoms with Crippen molar-refractivity contribution in [3.8, 4) is 5.75 Å². The molecule has 0 aliphatic carbocycles. The van der Waals surface area contributed by atoms with E-state index in [1.54, 1.807) is 6.07 Å². The van der Waals surface area contributed by atoms with Gasteiger partial charge in [0.2, 0.25) is 0 Å². The monoisotopic (exact) mass is 413 g/mol. The Balaban J connectivity index is 0.00000225. The Bertz CT molecular complexity index is 1130. The van der Waals surface area contributed by atoms with E-state index in [4.69, 9.17) is 16.3 Å². The second kappa shape index (κ2) is 8.87. The fourth-order valence-corrected chi connectivity index (χ4v) is 2.96. The first kappa shape index (κ1) is 19.9. The fourth-order valence-electron chi connectivity index (χ4n) is 2.77. The first-order chi connectivity index (χ1) is 13.2. The zero-order valence-electron chi connectivity index (χ0n) is 14.8. The number of hydrogen-bond donors (Lipinski definition) is 1. The molecule has 0 bridgehead atoms. The van der Waals surface area contributed by atoms with Crippen molar-refractivity contribution in [3.05, 3.63) is 93.6 Å². The SMILES string of the molecule is Cl.O=C1N=c2ccc(NCc3cccc(OCc4ccccc4Cl)c3)cc2=N1. The number of anilines is 1. The Kier molecular flexibility index (Phi) is 6.29. The van der Waals surface area contributed by atoms with E-state index in [1.165, 1.54) is 0 Å². The molecule has 142 valence electrons. The number of fused-ring (bicyclic) bond motifs is 1. The minimum absolute atomic E-state index is 0. The van der Waals surface area contributed by atoms with Gasteiger partial charge >= 0.3 is 6.03 Å². The van der Waals surface area contributed by atoms with Crippen LogP contribution in [0.5, 0.6) is 5.75 Å². The van der Waals surface area contributed by atoms with Crippen LogP contribution in [0.15, 0.2) is 76.7 Å². The van der Waals surface area contributed by atoms with E-state index in [0.29, 0.717) is 28.9 Å². The summed E-state index contributed by atoms with van der Waals surface area (Å²) in [6.45, 7) is 1.04. The molecule has 0 fully saturated rings. The molecular formula is C21H17Cl2N3O2. The Hall–Kier alpha value is -2.89. The van der Waals surface area contributed by atoms with Crippen molar-refractivity contribution in [1.82, 2.24) is 0 Å². The highest BCUT2D eigenvalue weighted by Crippen LogP contribution is 2.20. The quantitative estimate of drug-likeness (QED) is 0.653. The Morgan fingerprint density at radius 3 is 2.61 bits per heavy atom. The smallest absolute Gasteiger partial charge is 0.368 e. The number of hydrogen-bond acceptors (Lipinski definition) is 3. The van der Waals surface area contributed by atoms with Crippen LogP contribution in [0.4, 0.5) is 10.5 Å². The second-order valence-electron chi connectivity index (χ2n) is 6.09. The van der Waals surface area contributed by atoms with E-state index in [-0.39, 0.29) is 12.4 Å². The van der Waals surface area contributed by atoms with Gasteiger partial charge in [-0.25, -0.2) is 4.79 Å². The highest BCUT2D eigenvalue weighted by Gasteiger charge is 2.06. The Labute approximate surface area is 173 Å². The van der Waals surface area contributed by atoms with Crippen LogP contribution in [0.1, 0.15) is 11.1 Å². The zero-order valence-corrected chi connectivity index (χ0v) is 16.3. The number of amides is 2. The van der Waals surface area contributed by atoms with Crippen molar-refractivity contribution < 1.29 is 9.53 Å². The minimum atomic E-state index is -0.453. The molecule has 7 heteroatoms. The van der Waals surface area contributed by atoms with E-state index in [0.717, 1.165) is 22.6 Å². The predicted octanol–water partition coefficient (Wildman–Crippen LogP) is 4.33. The van der Waals surface area contributed by atoms with Crippen molar-refractivity contribution >= 4 is 35.7 Å². The normalized spacial score (nSPS) is 11.7. The summed E-state index contributed by atoms with van der Waals surface area (Å²) in [6, 6.07) is 20.6. The lowest BCUT2D eigenvalue weighted by Crippen LogP contribution is -2.21. The van der Waals surface area contributed by atoms with Crippen molar-refractivity contribution in [2.45, 2.75) is 13.2 Å². The molecule has 4 rings (SSSR count). The minimum Gasteiger partial charge on any atom is -0.489 e. The number of carbonyl (C=O) groups is 1. The van der Waals surface area contributed by atoms with E-state index in [2.05, 4.69) is 15.3 Å². The zero-order chi connectivity index (χ0) is 18.6. The third-order valence-electron chi connectivity index (χ3n) is 4.15.